The molecule has 7 heteroatoms. The van der Waals surface area contributed by atoms with Crippen molar-refractivity contribution in [2.24, 2.45) is 0 Å². The molecule has 0 saturated heterocycles. The Morgan fingerprint density at radius 1 is 0.415 bits per heavy atom. The van der Waals surface area contributed by atoms with Gasteiger partial charge in [-0.2, -0.15) is 0 Å². The third kappa shape index (κ3) is 5.39. The van der Waals surface area contributed by atoms with Gasteiger partial charge in [-0.3, -0.25) is 14.5 Å². The predicted molar refractivity (Wildman–Crippen MR) is 212 cm³/mol. The van der Waals surface area contributed by atoms with Gasteiger partial charge in [0.15, 0.2) is 5.82 Å². The average Bonchev–Trinajstić information content (AvgIpc) is 3.65. The number of aromatic nitrogens is 7. The summed E-state index contributed by atoms with van der Waals surface area (Å²) in [5, 5.41) is 3.22. The molecule has 0 spiro atoms. The molecule has 0 unspecified atom stereocenters. The Morgan fingerprint density at radius 2 is 1.02 bits per heavy atom. The standard InChI is InChI=1S/C46H29N7/c1-3-9-34(10-4-1)46-52-44-41(53(46)35-11-5-2-6-12-35)20-19-37-36-13-7-8-14-38(36)49-43(42(37)44)32-17-15-30(16-18-32)39-29-40(31-21-25-47-26-22-31)51-45(50-39)33-23-27-48-28-24-33/h1-29H. The largest absolute Gasteiger partial charge is 0.292 e. The summed E-state index contributed by atoms with van der Waals surface area (Å²) in [4.78, 5) is 29.1. The molecule has 10 rings (SSSR count). The van der Waals surface area contributed by atoms with E-state index in [9.17, 15) is 0 Å². The maximum absolute atomic E-state index is 5.42. The highest BCUT2D eigenvalue weighted by Crippen LogP contribution is 2.40. The van der Waals surface area contributed by atoms with Crippen molar-refractivity contribution in [1.82, 2.24) is 34.5 Å². The van der Waals surface area contributed by atoms with Gasteiger partial charge in [-0.25, -0.2) is 19.9 Å². The first kappa shape index (κ1) is 30.4. The van der Waals surface area contributed by atoms with Gasteiger partial charge in [0.1, 0.15) is 5.82 Å². The van der Waals surface area contributed by atoms with Crippen molar-refractivity contribution >= 4 is 32.7 Å². The van der Waals surface area contributed by atoms with Crippen molar-refractivity contribution in [2.75, 3.05) is 0 Å². The van der Waals surface area contributed by atoms with Gasteiger partial charge in [0, 0.05) is 69.1 Å². The van der Waals surface area contributed by atoms with Crippen LogP contribution in [-0.4, -0.2) is 34.5 Å². The van der Waals surface area contributed by atoms with Crippen LogP contribution in [0.4, 0.5) is 0 Å². The van der Waals surface area contributed by atoms with Crippen molar-refractivity contribution < 1.29 is 0 Å². The fraction of sp³-hybridized carbons (Fsp3) is 0. The van der Waals surface area contributed by atoms with Crippen molar-refractivity contribution in [3.63, 3.8) is 0 Å². The van der Waals surface area contributed by atoms with Gasteiger partial charge in [0.2, 0.25) is 0 Å². The molecule has 0 atom stereocenters. The minimum atomic E-state index is 0.633. The zero-order valence-corrected chi connectivity index (χ0v) is 28.4. The van der Waals surface area contributed by atoms with Crippen molar-refractivity contribution in [2.45, 2.75) is 0 Å². The molecule has 0 bridgehead atoms. The molecule has 53 heavy (non-hydrogen) atoms. The van der Waals surface area contributed by atoms with Gasteiger partial charge >= 0.3 is 0 Å². The molecule has 7 nitrogen and oxygen atoms in total. The highest BCUT2D eigenvalue weighted by Gasteiger charge is 2.21. The molecule has 0 saturated carbocycles. The molecular formula is C46H29N7. The van der Waals surface area contributed by atoms with E-state index in [2.05, 4.69) is 118 Å². The van der Waals surface area contributed by atoms with Crippen LogP contribution in [0.3, 0.4) is 0 Å². The van der Waals surface area contributed by atoms with Crippen molar-refractivity contribution in [3.05, 3.63) is 176 Å². The second kappa shape index (κ2) is 12.7. The Labute approximate surface area is 305 Å². The summed E-state index contributed by atoms with van der Waals surface area (Å²) in [5.41, 5.74) is 11.3. The Kier molecular flexibility index (Phi) is 7.32. The van der Waals surface area contributed by atoms with Crippen LogP contribution in [0.25, 0.3) is 94.9 Å². The number of benzene rings is 5. The molecule has 5 heterocycles. The Bertz CT molecular complexity index is 2850. The van der Waals surface area contributed by atoms with E-state index >= 15 is 0 Å². The van der Waals surface area contributed by atoms with Gasteiger partial charge in [0.25, 0.3) is 0 Å². The second-order valence-electron chi connectivity index (χ2n) is 12.8. The first-order valence-electron chi connectivity index (χ1n) is 17.4. The number of para-hydroxylation sites is 2. The van der Waals surface area contributed by atoms with E-state index in [1.54, 1.807) is 24.8 Å². The molecular weight excluding hydrogens is 651 g/mol. The van der Waals surface area contributed by atoms with E-state index in [0.29, 0.717) is 5.82 Å². The Balaban J connectivity index is 1.18. The lowest BCUT2D eigenvalue weighted by atomic mass is 9.97. The molecule has 5 aromatic heterocycles. The highest BCUT2D eigenvalue weighted by molar-refractivity contribution is 6.20. The number of hydrogen-bond donors (Lipinski definition) is 0. The van der Waals surface area contributed by atoms with Crippen LogP contribution < -0.4 is 0 Å². The van der Waals surface area contributed by atoms with Crippen molar-refractivity contribution in [1.29, 1.82) is 0 Å². The SMILES string of the molecule is c1ccc(-c2nc3c4c(-c5ccc(-c6cc(-c7ccncc7)nc(-c7ccncc7)n6)cc5)nc5ccccc5c4ccc3n2-c2ccccc2)cc1. The first-order valence-corrected chi connectivity index (χ1v) is 17.4. The Morgan fingerprint density at radius 3 is 1.74 bits per heavy atom. The fourth-order valence-electron chi connectivity index (χ4n) is 7.11. The average molecular weight is 680 g/mol. The smallest absolute Gasteiger partial charge is 0.160 e. The van der Waals surface area contributed by atoms with Crippen LogP contribution in [0.1, 0.15) is 0 Å². The zero-order chi connectivity index (χ0) is 35.1. The number of imidazole rings is 1. The third-order valence-electron chi connectivity index (χ3n) is 9.63. The normalized spacial score (nSPS) is 11.4. The minimum absolute atomic E-state index is 0.633. The van der Waals surface area contributed by atoms with E-state index in [4.69, 9.17) is 19.9 Å². The summed E-state index contributed by atoms with van der Waals surface area (Å²) in [6, 6.07) is 51.9. The summed E-state index contributed by atoms with van der Waals surface area (Å²) in [7, 11) is 0. The summed E-state index contributed by atoms with van der Waals surface area (Å²) < 4.78 is 2.25. The van der Waals surface area contributed by atoms with Crippen LogP contribution >= 0.6 is 0 Å². The lowest BCUT2D eigenvalue weighted by Gasteiger charge is -2.13. The maximum Gasteiger partial charge on any atom is 0.160 e. The number of pyridine rings is 3. The number of rotatable bonds is 6. The highest BCUT2D eigenvalue weighted by atomic mass is 15.1. The Hall–Kier alpha value is -7.38. The van der Waals surface area contributed by atoms with Gasteiger partial charge in [-0.05, 0) is 60.0 Å². The monoisotopic (exact) mass is 679 g/mol. The first-order chi connectivity index (χ1) is 26.3. The lowest BCUT2D eigenvalue weighted by Crippen LogP contribution is -1.97. The van der Waals surface area contributed by atoms with E-state index in [1.165, 1.54) is 0 Å². The van der Waals surface area contributed by atoms with Gasteiger partial charge in [-0.15, -0.1) is 0 Å². The maximum atomic E-state index is 5.42. The van der Waals surface area contributed by atoms with Crippen molar-refractivity contribution in [3.8, 4) is 62.2 Å². The minimum Gasteiger partial charge on any atom is -0.292 e. The topological polar surface area (TPSA) is 82.3 Å². The second-order valence-corrected chi connectivity index (χ2v) is 12.8. The van der Waals surface area contributed by atoms with Gasteiger partial charge in [0.05, 0.1) is 33.6 Å². The predicted octanol–water partition coefficient (Wildman–Crippen LogP) is 10.6. The molecule has 0 fully saturated rings. The van der Waals surface area contributed by atoms with Crippen LogP contribution in [0.5, 0.6) is 0 Å². The molecule has 0 amide bonds. The van der Waals surface area contributed by atoms with E-state index < -0.39 is 0 Å². The molecule has 0 aliphatic heterocycles. The molecule has 0 N–H and O–H groups in total. The summed E-state index contributed by atoms with van der Waals surface area (Å²) >= 11 is 0. The summed E-state index contributed by atoms with van der Waals surface area (Å²) in [6.07, 6.45) is 7.08. The number of fused-ring (bicyclic) bond motifs is 5. The summed E-state index contributed by atoms with van der Waals surface area (Å²) in [5.74, 6) is 1.51. The van der Waals surface area contributed by atoms with E-state index in [1.807, 2.05) is 48.5 Å². The van der Waals surface area contributed by atoms with E-state index in [-0.39, 0.29) is 0 Å². The molecule has 0 radical (unpaired) electrons. The molecule has 10 aromatic rings. The van der Waals surface area contributed by atoms with Crippen LogP contribution in [0.2, 0.25) is 0 Å². The molecule has 0 aliphatic carbocycles. The summed E-state index contributed by atoms with van der Waals surface area (Å²) in [6.45, 7) is 0. The quantitative estimate of drug-likeness (QED) is 0.163. The molecule has 5 aromatic carbocycles. The van der Waals surface area contributed by atoms with Gasteiger partial charge in [-0.1, -0.05) is 97.1 Å². The fourth-order valence-corrected chi connectivity index (χ4v) is 7.11. The third-order valence-corrected chi connectivity index (χ3v) is 9.63. The van der Waals surface area contributed by atoms with Gasteiger partial charge < -0.3 is 0 Å². The molecule has 0 aliphatic rings. The molecule has 248 valence electrons. The number of nitrogens with zero attached hydrogens (tertiary/aromatic N) is 7. The van der Waals surface area contributed by atoms with Crippen LogP contribution in [-0.2, 0) is 0 Å². The zero-order valence-electron chi connectivity index (χ0n) is 28.4. The number of hydrogen-bond acceptors (Lipinski definition) is 6. The van der Waals surface area contributed by atoms with E-state index in [0.717, 1.165) is 89.1 Å². The lowest BCUT2D eigenvalue weighted by molar-refractivity contribution is 1.10. The van der Waals surface area contributed by atoms with Crippen LogP contribution in [0.15, 0.2) is 176 Å². The van der Waals surface area contributed by atoms with Crippen LogP contribution in [0, 0.1) is 0 Å².